The molecule has 0 unspecified atom stereocenters. The lowest BCUT2D eigenvalue weighted by Gasteiger charge is -2.18. The molecule has 10 aromatic carbocycles. The van der Waals surface area contributed by atoms with Gasteiger partial charge < -0.3 is 4.42 Å². The van der Waals surface area contributed by atoms with Crippen LogP contribution in [0.3, 0.4) is 0 Å². The molecule has 0 radical (unpaired) electrons. The molecule has 0 atom stereocenters. The van der Waals surface area contributed by atoms with Gasteiger partial charge in [0, 0.05) is 10.8 Å². The molecule has 1 nitrogen and oxygen atoms in total. The SMILES string of the molecule is [2H]c1c([2H])c(-c2c3c([2H])c([2H])c([2H])c([2H])c3c(-c3c([2H])c([2H])c4oc5c([2H])c([2H])c6c([2H])c([2H])c([2H])c([2H])c6c5c4c3[2H])c3c([2H])c([2H])c([2H])c([2H])c23)c([2H])c(-c2c([2H])c3c([2H])c([2H])c([2H])c([2H])c3c3c([2H])c([2H])c([2H])c([2H])c23)c1[2H]. The summed E-state index contributed by atoms with van der Waals surface area (Å²) in [6.45, 7) is 0. The molecule has 1 aromatic heterocycles. The maximum Gasteiger partial charge on any atom is 0.136 e. The van der Waals surface area contributed by atoms with Crippen molar-refractivity contribution in [3.63, 3.8) is 0 Å². The van der Waals surface area contributed by atoms with Gasteiger partial charge in [0.1, 0.15) is 11.2 Å². The Hall–Kier alpha value is -6.70. The van der Waals surface area contributed by atoms with Crippen LogP contribution in [0.2, 0.25) is 0 Å². The van der Waals surface area contributed by atoms with Crippen LogP contribution >= 0.6 is 0 Å². The van der Waals surface area contributed by atoms with Gasteiger partial charge in [0.25, 0.3) is 0 Å². The minimum absolute atomic E-state index is 0.430. The molecule has 236 valence electrons. The van der Waals surface area contributed by atoms with Crippen molar-refractivity contribution in [3.8, 4) is 33.4 Å². The molecule has 0 saturated heterocycles. The summed E-state index contributed by atoms with van der Waals surface area (Å²) >= 11 is 0. The highest BCUT2D eigenvalue weighted by Gasteiger charge is 2.19. The Kier molecular flexibility index (Phi) is 2.50. The lowest BCUT2D eigenvalue weighted by molar-refractivity contribution is 0.669. The van der Waals surface area contributed by atoms with E-state index in [4.69, 9.17) is 29.1 Å². The summed E-state index contributed by atoms with van der Waals surface area (Å²) in [6.07, 6.45) is 0. The van der Waals surface area contributed by atoms with Gasteiger partial charge in [-0.05, 0) is 117 Å². The molecule has 0 amide bonds. The summed E-state index contributed by atoms with van der Waals surface area (Å²) in [7, 11) is 0. The molecule has 0 aliphatic carbocycles. The standard InChI is InChI=1S/C50H30O/c1-4-17-37-31(12-1)24-27-47-50(37)45-30-35(25-26-46(45)51-47)49-42-22-9-7-20-40(42)48(41-21-8-10-23-43(41)49)34-15-11-14-32(28-34)44-29-33-13-2-3-16-36(33)38-18-5-6-19-39(38)44/h1-30H/i1D,2D,3D,4D,5D,6D,7D,8D,9D,10D,11D,12D,13D,14D,15D,16D,17D,18D,19D,20D,21D,22D,23D,24D,25D,26D,27D,28D,29D,30D. The third-order valence-corrected chi connectivity index (χ3v) is 8.57. The van der Waals surface area contributed by atoms with Gasteiger partial charge in [-0.1, -0.05) is 151 Å². The van der Waals surface area contributed by atoms with Crippen LogP contribution in [0.15, 0.2) is 186 Å². The lowest BCUT2D eigenvalue weighted by Crippen LogP contribution is -1.91. The number of hydrogen-bond donors (Lipinski definition) is 0. The molecule has 1 heteroatoms. The van der Waals surface area contributed by atoms with Crippen LogP contribution in [-0.4, -0.2) is 0 Å². The maximum absolute atomic E-state index is 10.1. The first kappa shape index (κ1) is 11.7. The quantitative estimate of drug-likeness (QED) is 0.134. The van der Waals surface area contributed by atoms with E-state index in [0.29, 0.717) is 0 Å². The van der Waals surface area contributed by atoms with Gasteiger partial charge in [-0.2, -0.15) is 0 Å². The number of furan rings is 1. The van der Waals surface area contributed by atoms with Crippen molar-refractivity contribution in [1.82, 2.24) is 0 Å². The largest absolute Gasteiger partial charge is 0.456 e. The Morgan fingerprint density at radius 2 is 0.843 bits per heavy atom. The molecule has 0 bridgehead atoms. The summed E-state index contributed by atoms with van der Waals surface area (Å²) in [5.74, 6) is 0. The lowest BCUT2D eigenvalue weighted by atomic mass is 9.85. The number of hydrogen-bond acceptors (Lipinski definition) is 1. The zero-order valence-corrected chi connectivity index (χ0v) is 25.4. The van der Waals surface area contributed by atoms with Gasteiger partial charge in [0.15, 0.2) is 0 Å². The van der Waals surface area contributed by atoms with Gasteiger partial charge in [0.2, 0.25) is 0 Å². The van der Waals surface area contributed by atoms with Crippen LogP contribution < -0.4 is 0 Å². The molecular formula is C50H30O. The second-order valence-electron chi connectivity index (χ2n) is 11.3. The zero-order chi connectivity index (χ0) is 59.6. The van der Waals surface area contributed by atoms with Gasteiger partial charge in [-0.25, -0.2) is 0 Å². The van der Waals surface area contributed by atoms with Crippen molar-refractivity contribution in [1.29, 1.82) is 0 Å². The Bertz CT molecular complexity index is 4850. The Labute approximate surface area is 336 Å². The van der Waals surface area contributed by atoms with Crippen molar-refractivity contribution in [2.45, 2.75) is 0 Å². The smallest absolute Gasteiger partial charge is 0.136 e. The summed E-state index contributed by atoms with van der Waals surface area (Å²) in [6, 6.07) is -28.6. The average Bonchev–Trinajstić information content (AvgIpc) is 3.25. The van der Waals surface area contributed by atoms with E-state index in [2.05, 4.69) is 0 Å². The first-order valence-corrected chi connectivity index (χ1v) is 15.2. The number of benzene rings is 10. The van der Waals surface area contributed by atoms with E-state index in [9.17, 15) is 16.4 Å². The molecule has 51 heavy (non-hydrogen) atoms. The van der Waals surface area contributed by atoms with E-state index in [0.717, 1.165) is 0 Å². The molecule has 0 fully saturated rings. The third kappa shape index (κ3) is 4.22. The van der Waals surface area contributed by atoms with E-state index in [1.165, 1.54) is 0 Å². The molecule has 11 aromatic rings. The topological polar surface area (TPSA) is 13.1 Å². The molecule has 0 aliphatic rings. The van der Waals surface area contributed by atoms with Crippen molar-refractivity contribution in [2.75, 3.05) is 0 Å². The first-order chi connectivity index (χ1) is 37.8. The second kappa shape index (κ2) is 10.9. The molecule has 11 rings (SSSR count). The summed E-state index contributed by atoms with van der Waals surface area (Å²) in [4.78, 5) is 0. The Balaban J connectivity index is 1.43. The van der Waals surface area contributed by atoms with Gasteiger partial charge in [-0.15, -0.1) is 0 Å². The van der Waals surface area contributed by atoms with E-state index in [-0.39, 0.29) is 0 Å². The molecule has 0 N–H and O–H groups in total. The van der Waals surface area contributed by atoms with E-state index in [1.54, 1.807) is 0 Å². The fraction of sp³-hybridized carbons (Fsp3) is 0. The summed E-state index contributed by atoms with van der Waals surface area (Å²) in [5.41, 5.74) is -6.30. The predicted octanol–water partition coefficient (Wildman–Crippen LogP) is 14.4. The number of rotatable bonds is 3. The van der Waals surface area contributed by atoms with Crippen molar-refractivity contribution >= 4 is 75.8 Å². The molecule has 0 aliphatic heterocycles. The highest BCUT2D eigenvalue weighted by molar-refractivity contribution is 6.24. The monoisotopic (exact) mass is 676 g/mol. The number of fused-ring (bicyclic) bond motifs is 10. The molecule has 0 saturated carbocycles. The van der Waals surface area contributed by atoms with Crippen LogP contribution in [0, 0.1) is 0 Å². The summed E-state index contributed by atoms with van der Waals surface area (Å²) in [5, 5.41) is -7.70. The van der Waals surface area contributed by atoms with Crippen LogP contribution in [0.5, 0.6) is 0 Å². The van der Waals surface area contributed by atoms with E-state index < -0.39 is 290 Å². The van der Waals surface area contributed by atoms with Crippen LogP contribution in [-0.2, 0) is 0 Å². The Morgan fingerprint density at radius 1 is 0.314 bits per heavy atom. The van der Waals surface area contributed by atoms with Crippen molar-refractivity contribution in [3.05, 3.63) is 181 Å². The summed E-state index contributed by atoms with van der Waals surface area (Å²) < 4.78 is 279. The third-order valence-electron chi connectivity index (χ3n) is 8.57. The maximum atomic E-state index is 10.1. The minimum Gasteiger partial charge on any atom is -0.456 e. The first-order valence-electron chi connectivity index (χ1n) is 30.2. The minimum atomic E-state index is -1.14. The predicted molar refractivity (Wildman–Crippen MR) is 218 cm³/mol. The molecule has 0 spiro atoms. The molecular weight excluding hydrogens is 617 g/mol. The van der Waals surface area contributed by atoms with Gasteiger partial charge in [-0.3, -0.25) is 0 Å². The van der Waals surface area contributed by atoms with Crippen LogP contribution in [0.4, 0.5) is 0 Å². The molecule has 1 heterocycles. The van der Waals surface area contributed by atoms with Gasteiger partial charge in [0.05, 0.1) is 41.1 Å². The average molecular weight is 677 g/mol. The normalized spacial score (nSPS) is 20.2. The highest BCUT2D eigenvalue weighted by Crippen LogP contribution is 2.46. The van der Waals surface area contributed by atoms with E-state index in [1.807, 2.05) is 0 Å². The highest BCUT2D eigenvalue weighted by atomic mass is 16.3. The Morgan fingerprint density at radius 3 is 1.55 bits per heavy atom. The fourth-order valence-corrected chi connectivity index (χ4v) is 6.45. The zero-order valence-electron chi connectivity index (χ0n) is 55.4. The van der Waals surface area contributed by atoms with Crippen LogP contribution in [0.25, 0.3) is 109 Å². The fourth-order valence-electron chi connectivity index (χ4n) is 6.45. The van der Waals surface area contributed by atoms with Crippen molar-refractivity contribution < 1.29 is 45.5 Å². The van der Waals surface area contributed by atoms with Crippen molar-refractivity contribution in [2.24, 2.45) is 0 Å². The second-order valence-corrected chi connectivity index (χ2v) is 11.3. The van der Waals surface area contributed by atoms with Crippen LogP contribution in [0.1, 0.15) is 41.1 Å². The van der Waals surface area contributed by atoms with Gasteiger partial charge >= 0.3 is 0 Å². The van der Waals surface area contributed by atoms with E-state index >= 15 is 0 Å².